The highest BCUT2D eigenvalue weighted by Crippen LogP contribution is 2.47. The Hall–Kier alpha value is -2.72. The van der Waals surface area contributed by atoms with E-state index in [0.29, 0.717) is 11.8 Å². The molecule has 5 aliphatic heterocycles. The van der Waals surface area contributed by atoms with Gasteiger partial charge in [0, 0.05) is 19.7 Å². The maximum absolute atomic E-state index is 12.9. The van der Waals surface area contributed by atoms with Crippen molar-refractivity contribution < 1.29 is 19.7 Å². The Labute approximate surface area is 300 Å². The summed E-state index contributed by atoms with van der Waals surface area (Å²) in [6.45, 7) is 0. The van der Waals surface area contributed by atoms with Crippen LogP contribution in [-0.4, -0.2) is 93.2 Å². The normalized spacial score (nSPS) is 52.5. The second-order valence-corrected chi connectivity index (χ2v) is 17.2. The SMILES string of the molecule is O=[N+]([O-])C1C2C3NC4NC(NC5NC(NC6NC(NC(N3)C2C([N+](=O)[O-])C([N+](=O)[O-])C1[N+](=O)[O-])C1CCCCC61)C1CCCCC51)C1CCCCC41. The molecule has 0 aromatic heterocycles. The second kappa shape index (κ2) is 13.5. The summed E-state index contributed by atoms with van der Waals surface area (Å²) in [5.41, 5.74) is 0. The quantitative estimate of drug-likeness (QED) is 0.135. The molecule has 8 bridgehead atoms. The fourth-order valence-corrected chi connectivity index (χ4v) is 13.1. The van der Waals surface area contributed by atoms with Crippen molar-refractivity contribution in [3.05, 3.63) is 40.5 Å². The smallest absolute Gasteiger partial charge is 0.286 e. The number of nitrogens with zero attached hydrogens (tertiary/aromatic N) is 4. The summed E-state index contributed by atoms with van der Waals surface area (Å²) in [5, 5.41) is 81.0. The number of nitrogens with one attached hydrogen (secondary N) is 8. The van der Waals surface area contributed by atoms with E-state index in [0.717, 1.165) is 64.2 Å². The molecule has 4 saturated carbocycles. The van der Waals surface area contributed by atoms with E-state index in [1.165, 1.54) is 12.8 Å². The van der Waals surface area contributed by atoms with Gasteiger partial charge in [0.05, 0.1) is 61.2 Å². The van der Waals surface area contributed by atoms with Gasteiger partial charge >= 0.3 is 12.1 Å². The number of hydrogen-bond donors (Lipinski definition) is 8. The molecule has 20 unspecified atom stereocenters. The van der Waals surface area contributed by atoms with Crippen LogP contribution < -0.4 is 42.5 Å². The molecule has 0 spiro atoms. The molecule has 9 rings (SSSR count). The lowest BCUT2D eigenvalue weighted by Crippen LogP contribution is -2.70. The van der Waals surface area contributed by atoms with E-state index in [2.05, 4.69) is 42.5 Å². The monoisotopic (exact) mass is 732 g/mol. The second-order valence-electron chi connectivity index (χ2n) is 17.2. The summed E-state index contributed by atoms with van der Waals surface area (Å²) < 4.78 is 0. The maximum atomic E-state index is 12.9. The average molecular weight is 733 g/mol. The molecule has 5 saturated heterocycles. The lowest BCUT2D eigenvalue weighted by molar-refractivity contribution is -0.714. The topological polar surface area (TPSA) is 269 Å². The Bertz CT molecular complexity index is 1350. The van der Waals surface area contributed by atoms with Crippen LogP contribution in [0.2, 0.25) is 0 Å². The van der Waals surface area contributed by atoms with Gasteiger partial charge in [0.25, 0.3) is 12.1 Å². The maximum Gasteiger partial charge on any atom is 0.351 e. The largest absolute Gasteiger partial charge is 0.351 e. The Morgan fingerprint density at radius 3 is 0.712 bits per heavy atom. The molecular weight excluding hydrogens is 680 g/mol. The zero-order valence-corrected chi connectivity index (χ0v) is 29.1. The minimum absolute atomic E-state index is 0.0630. The zero-order chi connectivity index (χ0) is 36.0. The molecule has 9 aliphatic rings. The minimum Gasteiger partial charge on any atom is -0.286 e. The molecule has 288 valence electrons. The summed E-state index contributed by atoms with van der Waals surface area (Å²) in [7, 11) is 0. The molecule has 5 heterocycles. The first-order chi connectivity index (χ1) is 25.1. The van der Waals surface area contributed by atoms with Crippen LogP contribution in [0.4, 0.5) is 0 Å². The summed E-state index contributed by atoms with van der Waals surface area (Å²) in [6.07, 6.45) is 10.1. The fourth-order valence-electron chi connectivity index (χ4n) is 13.1. The molecule has 0 radical (unpaired) electrons. The van der Waals surface area contributed by atoms with E-state index in [1.54, 1.807) is 0 Å². The Kier molecular flexibility index (Phi) is 9.12. The van der Waals surface area contributed by atoms with Gasteiger partial charge in [0.15, 0.2) is 0 Å². The van der Waals surface area contributed by atoms with Crippen molar-refractivity contribution in [2.75, 3.05) is 0 Å². The van der Waals surface area contributed by atoms with Crippen molar-refractivity contribution in [3.63, 3.8) is 0 Å². The molecule has 4 aliphatic carbocycles. The van der Waals surface area contributed by atoms with E-state index in [1.807, 2.05) is 0 Å². The molecule has 9 fully saturated rings. The Morgan fingerprint density at radius 2 is 0.500 bits per heavy atom. The van der Waals surface area contributed by atoms with E-state index in [-0.39, 0.29) is 60.7 Å². The predicted molar refractivity (Wildman–Crippen MR) is 182 cm³/mol. The highest BCUT2D eigenvalue weighted by Gasteiger charge is 2.77. The van der Waals surface area contributed by atoms with Gasteiger partial charge in [-0.15, -0.1) is 0 Å². The van der Waals surface area contributed by atoms with Crippen LogP contribution in [0.15, 0.2) is 0 Å². The summed E-state index contributed by atoms with van der Waals surface area (Å²) >= 11 is 0. The first-order valence-corrected chi connectivity index (χ1v) is 19.7. The molecule has 8 N–H and O–H groups in total. The van der Waals surface area contributed by atoms with Crippen molar-refractivity contribution in [3.8, 4) is 0 Å². The minimum atomic E-state index is -2.38. The third-order valence-corrected chi connectivity index (χ3v) is 15.1. The standard InChI is InChI=1S/C32H52N12O8/c45-41(46)21-19-20(22(42(47)48)24(44(51)52)23(21)43(49)50)32-39-30-18-12-6-4-10-16(18)28(37-30)35-26-14-8-2-1-7-13(14)25(33-26)34-27-15-9-3-5-11-17(15)29(36-27)38-31(19)40-32/h13-40H,1-12H2. The molecular formula is C32H52N12O8. The van der Waals surface area contributed by atoms with Gasteiger partial charge in [0.2, 0.25) is 0 Å². The van der Waals surface area contributed by atoms with Gasteiger partial charge in [-0.2, -0.15) is 0 Å². The fraction of sp³-hybridized carbons (Fsp3) is 1.00. The van der Waals surface area contributed by atoms with Gasteiger partial charge < -0.3 is 0 Å². The van der Waals surface area contributed by atoms with Crippen molar-refractivity contribution in [1.29, 1.82) is 0 Å². The van der Waals surface area contributed by atoms with Crippen LogP contribution >= 0.6 is 0 Å². The van der Waals surface area contributed by atoms with Gasteiger partial charge in [-0.05, 0) is 74.0 Å². The third-order valence-electron chi connectivity index (χ3n) is 15.1. The predicted octanol–water partition coefficient (Wildman–Crippen LogP) is -0.374. The van der Waals surface area contributed by atoms with Crippen molar-refractivity contribution in [2.24, 2.45) is 47.3 Å². The van der Waals surface area contributed by atoms with Crippen molar-refractivity contribution in [1.82, 2.24) is 42.5 Å². The number of nitro groups is 4. The summed E-state index contributed by atoms with van der Waals surface area (Å²) in [4.78, 5) is 47.2. The van der Waals surface area contributed by atoms with Crippen LogP contribution in [-0.2, 0) is 0 Å². The molecule has 20 nitrogen and oxygen atoms in total. The zero-order valence-electron chi connectivity index (χ0n) is 29.1. The molecule has 20 heteroatoms. The number of fused-ring (bicyclic) bond motifs is 20. The van der Waals surface area contributed by atoms with E-state index >= 15 is 0 Å². The van der Waals surface area contributed by atoms with Crippen LogP contribution in [0.5, 0.6) is 0 Å². The third kappa shape index (κ3) is 5.62. The van der Waals surface area contributed by atoms with Gasteiger partial charge in [-0.3, -0.25) is 83.0 Å². The molecule has 0 amide bonds. The number of rotatable bonds is 4. The van der Waals surface area contributed by atoms with Gasteiger partial charge in [-0.25, -0.2) is 0 Å². The molecule has 52 heavy (non-hydrogen) atoms. The van der Waals surface area contributed by atoms with Crippen LogP contribution in [0.1, 0.15) is 77.0 Å². The summed E-state index contributed by atoms with van der Waals surface area (Å²) in [6, 6.07) is -8.81. The first-order valence-electron chi connectivity index (χ1n) is 19.7. The molecule has 0 aromatic carbocycles. The lowest BCUT2D eigenvalue weighted by atomic mass is 9.68. The molecule has 20 atom stereocenters. The highest BCUT2D eigenvalue weighted by atomic mass is 16.7. The first kappa shape index (κ1) is 35.0. The lowest BCUT2D eigenvalue weighted by Gasteiger charge is -2.38. The van der Waals surface area contributed by atoms with E-state index in [4.69, 9.17) is 0 Å². The van der Waals surface area contributed by atoms with E-state index < -0.39 is 68.0 Å². The Balaban J connectivity index is 1.14. The van der Waals surface area contributed by atoms with Crippen LogP contribution in [0.25, 0.3) is 0 Å². The summed E-state index contributed by atoms with van der Waals surface area (Å²) in [5.74, 6) is -0.811. The van der Waals surface area contributed by atoms with Crippen molar-refractivity contribution in [2.45, 2.75) is 151 Å². The van der Waals surface area contributed by atoms with Crippen LogP contribution in [0.3, 0.4) is 0 Å². The Morgan fingerprint density at radius 1 is 0.308 bits per heavy atom. The average Bonchev–Trinajstić information content (AvgIpc) is 3.86. The van der Waals surface area contributed by atoms with Gasteiger partial charge in [0.1, 0.15) is 0 Å². The molecule has 0 aromatic rings. The van der Waals surface area contributed by atoms with Crippen molar-refractivity contribution >= 4 is 0 Å². The number of hydrogen-bond acceptors (Lipinski definition) is 16. The van der Waals surface area contributed by atoms with E-state index in [9.17, 15) is 40.5 Å². The van der Waals surface area contributed by atoms with Gasteiger partial charge in [-0.1, -0.05) is 38.5 Å². The van der Waals surface area contributed by atoms with Crippen LogP contribution in [0, 0.1) is 87.8 Å². The highest BCUT2D eigenvalue weighted by molar-refractivity contribution is 5.13.